The minimum Gasteiger partial charge on any atom is -0.453 e. The largest absolute Gasteiger partial charge is 0.453 e. The molecule has 35 heavy (non-hydrogen) atoms. The molecule has 0 saturated carbocycles. The number of fused-ring (bicyclic) bond motifs is 1. The molecule has 2 amide bonds. The van der Waals surface area contributed by atoms with Gasteiger partial charge in [0.1, 0.15) is 6.61 Å². The van der Waals surface area contributed by atoms with Crippen molar-refractivity contribution in [2.45, 2.75) is 0 Å². The van der Waals surface area contributed by atoms with E-state index < -0.39 is 12.2 Å². The number of halogens is 1. The lowest BCUT2D eigenvalue weighted by Crippen LogP contribution is -2.16. The molecule has 0 bridgehead atoms. The summed E-state index contributed by atoms with van der Waals surface area (Å²) in [6.07, 6.45) is 4.29. The number of hydrogen-bond donors (Lipinski definition) is 2. The van der Waals surface area contributed by atoms with E-state index in [-0.39, 0.29) is 6.61 Å². The Balaban J connectivity index is 1.55. The molecular weight excluding hydrogens is 474 g/mol. The number of nitrogens with one attached hydrogen (secondary N) is 2. The summed E-state index contributed by atoms with van der Waals surface area (Å²) in [6, 6.07) is 12.3. The third-order valence-corrected chi connectivity index (χ3v) is 5.30. The summed E-state index contributed by atoms with van der Waals surface area (Å²) in [5.74, 6) is 0.487. The van der Waals surface area contributed by atoms with Crippen molar-refractivity contribution in [3.05, 3.63) is 66.1 Å². The number of carbonyl (C=O) groups excluding carboxylic acids is 2. The van der Waals surface area contributed by atoms with Gasteiger partial charge in [-0.3, -0.25) is 15.0 Å². The van der Waals surface area contributed by atoms with Crippen LogP contribution in [0.15, 0.2) is 61.1 Å². The Labute approximate surface area is 205 Å². The zero-order valence-corrected chi connectivity index (χ0v) is 19.7. The molecule has 2 aromatic heterocycles. The predicted octanol–water partition coefficient (Wildman–Crippen LogP) is 5.09. The average molecular weight is 496 g/mol. The van der Waals surface area contributed by atoms with Gasteiger partial charge in [0, 0.05) is 48.2 Å². The molecule has 0 atom stereocenters. The third-order valence-electron chi connectivity index (χ3n) is 4.97. The molecule has 0 aliphatic heterocycles. The Morgan fingerprint density at radius 1 is 0.943 bits per heavy atom. The maximum atomic E-state index is 11.9. The van der Waals surface area contributed by atoms with Gasteiger partial charge < -0.3 is 14.2 Å². The molecule has 0 saturated heterocycles. The fourth-order valence-corrected chi connectivity index (χ4v) is 3.46. The van der Waals surface area contributed by atoms with Crippen LogP contribution in [0.5, 0.6) is 0 Å². The van der Waals surface area contributed by atoms with Crippen LogP contribution < -0.4 is 10.6 Å². The molecule has 2 N–H and O–H groups in total. The number of anilines is 2. The zero-order chi connectivity index (χ0) is 24.8. The topological polar surface area (TPSA) is 116 Å². The van der Waals surface area contributed by atoms with E-state index in [9.17, 15) is 9.59 Å². The number of imidazole rings is 1. The van der Waals surface area contributed by atoms with Gasteiger partial charge in [0.15, 0.2) is 0 Å². The summed E-state index contributed by atoms with van der Waals surface area (Å²) in [5.41, 5.74) is 4.11. The van der Waals surface area contributed by atoms with E-state index in [1.165, 1.54) is 14.2 Å². The number of methoxy groups -OCH3 is 2. The van der Waals surface area contributed by atoms with E-state index in [4.69, 9.17) is 21.1 Å². The van der Waals surface area contributed by atoms with E-state index in [1.54, 1.807) is 47.1 Å². The van der Waals surface area contributed by atoms with Crippen molar-refractivity contribution >= 4 is 40.9 Å². The predicted molar refractivity (Wildman–Crippen MR) is 132 cm³/mol. The molecule has 0 aliphatic rings. The van der Waals surface area contributed by atoms with E-state index in [2.05, 4.69) is 25.3 Å². The molecule has 4 aromatic rings. The highest BCUT2D eigenvalue weighted by molar-refractivity contribution is 6.33. The summed E-state index contributed by atoms with van der Waals surface area (Å²) < 4.78 is 16.3. The molecule has 0 unspecified atom stereocenters. The number of benzene rings is 2. The van der Waals surface area contributed by atoms with Crippen molar-refractivity contribution in [2.75, 3.05) is 38.1 Å². The van der Waals surface area contributed by atoms with Crippen LogP contribution in [0, 0.1) is 0 Å². The molecule has 0 aliphatic carbocycles. The minimum absolute atomic E-state index is 0.147. The van der Waals surface area contributed by atoms with Gasteiger partial charge in [-0.05, 0) is 35.9 Å². The summed E-state index contributed by atoms with van der Waals surface area (Å²) in [6.45, 7) is 0.456. The second-order valence-electron chi connectivity index (χ2n) is 7.32. The fourth-order valence-electron chi connectivity index (χ4n) is 3.25. The van der Waals surface area contributed by atoms with Crippen LogP contribution in [0.1, 0.15) is 0 Å². The van der Waals surface area contributed by atoms with Gasteiger partial charge in [-0.15, -0.1) is 0 Å². The monoisotopic (exact) mass is 495 g/mol. The Morgan fingerprint density at radius 3 is 2.43 bits per heavy atom. The summed E-state index contributed by atoms with van der Waals surface area (Å²) in [7, 11) is 2.84. The van der Waals surface area contributed by atoms with Gasteiger partial charge in [0.25, 0.3) is 0 Å². The second-order valence-corrected chi connectivity index (χ2v) is 7.73. The van der Waals surface area contributed by atoms with E-state index in [1.807, 2.05) is 18.3 Å². The van der Waals surface area contributed by atoms with Crippen LogP contribution in [0.2, 0.25) is 5.02 Å². The Bertz CT molecular complexity index is 1360. The average Bonchev–Trinajstić information content (AvgIpc) is 3.29. The van der Waals surface area contributed by atoms with Crippen molar-refractivity contribution < 1.29 is 23.8 Å². The first-order valence-corrected chi connectivity index (χ1v) is 10.9. The van der Waals surface area contributed by atoms with Crippen molar-refractivity contribution in [3.8, 4) is 22.4 Å². The summed E-state index contributed by atoms with van der Waals surface area (Å²) >= 11 is 6.42. The number of rotatable bonds is 7. The maximum absolute atomic E-state index is 11.9. The SMILES string of the molecule is COCCOC(=O)Nc1ccc(Cl)c(-c2cn3cc(-c4ccc(NC(=O)OC)cc4)cnc3n2)c1. The molecular formula is C24H22ClN5O5. The molecule has 4 rings (SSSR count). The Morgan fingerprint density at radius 2 is 1.69 bits per heavy atom. The quantitative estimate of drug-likeness (QED) is 0.343. The number of aromatic nitrogens is 3. The first-order valence-electron chi connectivity index (χ1n) is 10.5. The van der Waals surface area contributed by atoms with Gasteiger partial charge in [0.2, 0.25) is 5.78 Å². The number of hydrogen-bond acceptors (Lipinski definition) is 7. The fraction of sp³-hybridized carbons (Fsp3) is 0.167. The van der Waals surface area contributed by atoms with E-state index in [0.29, 0.717) is 40.0 Å². The van der Waals surface area contributed by atoms with E-state index in [0.717, 1.165) is 11.1 Å². The molecule has 0 spiro atoms. The van der Waals surface area contributed by atoms with Crippen LogP contribution >= 0.6 is 11.6 Å². The highest BCUT2D eigenvalue weighted by atomic mass is 35.5. The Kier molecular flexibility index (Phi) is 7.44. The highest BCUT2D eigenvalue weighted by Gasteiger charge is 2.13. The van der Waals surface area contributed by atoms with Crippen LogP contribution in [0.25, 0.3) is 28.2 Å². The van der Waals surface area contributed by atoms with Crippen LogP contribution in [0.4, 0.5) is 21.0 Å². The summed E-state index contributed by atoms with van der Waals surface area (Å²) in [4.78, 5) is 32.3. The molecule has 180 valence electrons. The van der Waals surface area contributed by atoms with Gasteiger partial charge in [-0.1, -0.05) is 23.7 Å². The highest BCUT2D eigenvalue weighted by Crippen LogP contribution is 2.31. The van der Waals surface area contributed by atoms with Gasteiger partial charge in [0.05, 0.1) is 24.4 Å². The van der Waals surface area contributed by atoms with Crippen LogP contribution in [-0.4, -0.2) is 54.0 Å². The molecule has 2 aromatic carbocycles. The van der Waals surface area contributed by atoms with Crippen molar-refractivity contribution in [2.24, 2.45) is 0 Å². The van der Waals surface area contributed by atoms with Crippen molar-refractivity contribution in [3.63, 3.8) is 0 Å². The third kappa shape index (κ3) is 5.86. The lowest BCUT2D eigenvalue weighted by Gasteiger charge is -2.08. The number of carbonyl (C=O) groups is 2. The van der Waals surface area contributed by atoms with Crippen molar-refractivity contribution in [1.82, 2.24) is 14.4 Å². The van der Waals surface area contributed by atoms with Crippen molar-refractivity contribution in [1.29, 1.82) is 0 Å². The van der Waals surface area contributed by atoms with Gasteiger partial charge >= 0.3 is 12.2 Å². The lowest BCUT2D eigenvalue weighted by molar-refractivity contribution is 0.107. The first-order chi connectivity index (χ1) is 17.0. The van der Waals surface area contributed by atoms with Crippen LogP contribution in [-0.2, 0) is 14.2 Å². The standard InChI is InChI=1S/C24H22ClN5O5/c1-33-9-10-35-24(32)28-18-7-8-20(25)19(11-18)21-14-30-13-16(12-26-22(30)29-21)15-3-5-17(6-4-15)27-23(31)34-2/h3-8,11-14H,9-10H2,1-2H3,(H,27,31)(H,28,32). The summed E-state index contributed by atoms with van der Waals surface area (Å²) in [5, 5.41) is 5.75. The molecule has 0 radical (unpaired) electrons. The molecule has 10 nitrogen and oxygen atoms in total. The van der Waals surface area contributed by atoms with Gasteiger partial charge in [-0.25, -0.2) is 19.6 Å². The molecule has 11 heteroatoms. The zero-order valence-electron chi connectivity index (χ0n) is 18.9. The molecule has 0 fully saturated rings. The second kappa shape index (κ2) is 10.9. The smallest absolute Gasteiger partial charge is 0.411 e. The lowest BCUT2D eigenvalue weighted by atomic mass is 10.1. The number of nitrogens with zero attached hydrogens (tertiary/aromatic N) is 3. The van der Waals surface area contributed by atoms with E-state index >= 15 is 0 Å². The van der Waals surface area contributed by atoms with Crippen LogP contribution in [0.3, 0.4) is 0 Å². The normalized spacial score (nSPS) is 10.7. The first kappa shape index (κ1) is 24.0. The Hall–Kier alpha value is -4.15. The molecule has 2 heterocycles. The number of ether oxygens (including phenoxy) is 3. The number of amides is 2. The minimum atomic E-state index is -0.593. The maximum Gasteiger partial charge on any atom is 0.411 e. The van der Waals surface area contributed by atoms with Gasteiger partial charge in [-0.2, -0.15) is 0 Å².